The van der Waals surface area contributed by atoms with Crippen molar-refractivity contribution in [3.05, 3.63) is 95.2 Å². The Morgan fingerprint density at radius 3 is 2.33 bits per heavy atom. The fourth-order valence-electron chi connectivity index (χ4n) is 7.38. The molecule has 2 aromatic carbocycles. The second-order valence-corrected chi connectivity index (χ2v) is 12.8. The van der Waals surface area contributed by atoms with Gasteiger partial charge >= 0.3 is 5.97 Å². The number of allylic oxidation sites excluding steroid dienone is 2. The number of carbonyl (C=O) groups excluding carboxylic acids is 4. The third-order valence-corrected chi connectivity index (χ3v) is 10.8. The summed E-state index contributed by atoms with van der Waals surface area (Å²) in [6, 6.07) is 13.1. The van der Waals surface area contributed by atoms with Gasteiger partial charge in [-0.2, -0.15) is 0 Å². The van der Waals surface area contributed by atoms with Crippen LogP contribution in [0, 0.1) is 23.6 Å². The molecule has 0 spiro atoms. The normalized spacial score (nSPS) is 30.7. The Balaban J connectivity index is 1.37. The van der Waals surface area contributed by atoms with E-state index in [-0.39, 0.29) is 41.3 Å². The highest BCUT2D eigenvalue weighted by molar-refractivity contribution is 6.58. The number of carbonyl (C=O) groups is 5. The lowest BCUT2D eigenvalue weighted by Gasteiger charge is -2.49. The van der Waals surface area contributed by atoms with E-state index in [0.717, 1.165) is 21.9 Å². The van der Waals surface area contributed by atoms with E-state index in [1.54, 1.807) is 6.08 Å². The van der Waals surface area contributed by atoms with E-state index < -0.39 is 75.4 Å². The van der Waals surface area contributed by atoms with Gasteiger partial charge in [-0.3, -0.25) is 24.1 Å². The quantitative estimate of drug-likeness (QED) is 0.235. The third kappa shape index (κ3) is 3.93. The van der Waals surface area contributed by atoms with Gasteiger partial charge in [0, 0.05) is 0 Å². The number of halogens is 3. The van der Waals surface area contributed by atoms with Crippen molar-refractivity contribution >= 4 is 64.2 Å². The lowest BCUT2D eigenvalue weighted by molar-refractivity contribution is -0.125. The van der Waals surface area contributed by atoms with E-state index in [0.29, 0.717) is 5.57 Å². The standard InChI is InChI=1S/C32H23Cl2FN2O8/c33-31-13-22-20(9-10-21-24(22)27(40)36(26(21)39)18-3-1-2-15(12-18)28(41)42)25(23-11-8-19(14-38)45-23)32(31,34)30(44)37(29(31)43)17-6-4-16(35)5-7-17/h1-9,11-12,21-22,24-25,38H,10,13-14H2,(H,41,42)/t21-,22+,24-,25+,31+,32-/m0/s1. The molecule has 2 aliphatic carbocycles. The summed E-state index contributed by atoms with van der Waals surface area (Å²) in [4.78, 5) is 65.4. The van der Waals surface area contributed by atoms with Crippen LogP contribution in [0.3, 0.4) is 0 Å². The molecule has 7 rings (SSSR count). The zero-order valence-electron chi connectivity index (χ0n) is 23.2. The highest BCUT2D eigenvalue weighted by atomic mass is 35.5. The van der Waals surface area contributed by atoms with Gasteiger partial charge in [0.15, 0.2) is 9.75 Å². The Kier molecular flexibility index (Phi) is 6.60. The van der Waals surface area contributed by atoms with E-state index in [9.17, 15) is 38.6 Å². The number of fused-ring (bicyclic) bond motifs is 4. The molecule has 3 aromatic rings. The number of hydrogen-bond acceptors (Lipinski definition) is 7. The summed E-state index contributed by atoms with van der Waals surface area (Å²) in [5.74, 6) is -8.33. The SMILES string of the molecule is O=C(O)c1cccc(N2C(=O)[C@H]3[C@H](CC=C4[C@H]3C[C@@]3(Cl)C(=O)N(c5ccc(F)cc5)C(=O)[C@@]3(Cl)[C@H]4c3ccc(CO)o3)C2=O)c1. The number of carboxylic acids is 1. The van der Waals surface area contributed by atoms with E-state index in [1.165, 1.54) is 48.5 Å². The number of rotatable bonds is 5. The van der Waals surface area contributed by atoms with Crippen LogP contribution < -0.4 is 9.80 Å². The smallest absolute Gasteiger partial charge is 0.335 e. The van der Waals surface area contributed by atoms with Gasteiger partial charge in [0.1, 0.15) is 23.9 Å². The van der Waals surface area contributed by atoms with Crippen LogP contribution in [-0.4, -0.2) is 49.6 Å². The number of aliphatic hydroxyl groups excluding tert-OH is 1. The molecule has 1 saturated carbocycles. The van der Waals surface area contributed by atoms with Crippen molar-refractivity contribution in [3.63, 3.8) is 0 Å². The minimum absolute atomic E-state index is 0.0431. The number of nitrogens with zero attached hydrogens (tertiary/aromatic N) is 2. The van der Waals surface area contributed by atoms with Crippen molar-refractivity contribution in [2.45, 2.75) is 35.1 Å². The van der Waals surface area contributed by atoms with Gasteiger partial charge in [0.2, 0.25) is 11.8 Å². The van der Waals surface area contributed by atoms with Gasteiger partial charge in [0.05, 0.1) is 34.7 Å². The molecule has 6 atom stereocenters. The molecular formula is C32H23Cl2FN2O8. The van der Waals surface area contributed by atoms with Crippen LogP contribution in [0.2, 0.25) is 0 Å². The van der Waals surface area contributed by atoms with Crippen molar-refractivity contribution in [1.29, 1.82) is 0 Å². The first-order valence-electron chi connectivity index (χ1n) is 14.0. The van der Waals surface area contributed by atoms with Crippen LogP contribution >= 0.6 is 23.2 Å². The van der Waals surface area contributed by atoms with Gasteiger partial charge < -0.3 is 14.6 Å². The second kappa shape index (κ2) is 10.1. The van der Waals surface area contributed by atoms with Gasteiger partial charge in [-0.25, -0.2) is 14.1 Å². The topological polar surface area (TPSA) is 145 Å². The number of aromatic carboxylic acids is 1. The van der Waals surface area contributed by atoms with Crippen LogP contribution in [0.1, 0.15) is 40.6 Å². The Morgan fingerprint density at radius 2 is 1.67 bits per heavy atom. The molecule has 4 amide bonds. The Labute approximate surface area is 264 Å². The Bertz CT molecular complexity index is 1860. The molecule has 2 N–H and O–H groups in total. The summed E-state index contributed by atoms with van der Waals surface area (Å²) in [7, 11) is 0. The Morgan fingerprint density at radius 1 is 0.933 bits per heavy atom. The summed E-state index contributed by atoms with van der Waals surface area (Å²) in [6.45, 7) is -0.465. The highest BCUT2D eigenvalue weighted by Gasteiger charge is 2.77. The molecular weight excluding hydrogens is 630 g/mol. The summed E-state index contributed by atoms with van der Waals surface area (Å²) in [6.07, 6.45) is 1.52. The number of aliphatic hydroxyl groups is 1. The van der Waals surface area contributed by atoms with Crippen LogP contribution in [-0.2, 0) is 25.8 Å². The first-order chi connectivity index (χ1) is 21.4. The van der Waals surface area contributed by atoms with Crippen molar-refractivity contribution < 1.29 is 43.0 Å². The van der Waals surface area contributed by atoms with Gasteiger partial charge in [0.25, 0.3) is 11.8 Å². The molecule has 3 fully saturated rings. The Hall–Kier alpha value is -4.32. The number of benzene rings is 2. The molecule has 230 valence electrons. The number of furan rings is 1. The first-order valence-corrected chi connectivity index (χ1v) is 14.8. The molecule has 1 aromatic heterocycles. The fraction of sp³-hybridized carbons (Fsp3) is 0.281. The van der Waals surface area contributed by atoms with Gasteiger partial charge in [-0.15, -0.1) is 23.2 Å². The summed E-state index contributed by atoms with van der Waals surface area (Å²) in [5, 5.41) is 19.2. The molecule has 13 heteroatoms. The zero-order chi connectivity index (χ0) is 32.0. The third-order valence-electron chi connectivity index (χ3n) is 9.37. The van der Waals surface area contributed by atoms with Gasteiger partial charge in [-0.05, 0) is 73.4 Å². The van der Waals surface area contributed by atoms with Crippen LogP contribution in [0.15, 0.2) is 76.7 Å². The summed E-state index contributed by atoms with van der Waals surface area (Å²) < 4.78 is 19.7. The summed E-state index contributed by atoms with van der Waals surface area (Å²) >= 11 is 14.5. The maximum Gasteiger partial charge on any atom is 0.335 e. The predicted octanol–water partition coefficient (Wildman–Crippen LogP) is 4.38. The number of hydrogen-bond donors (Lipinski definition) is 2. The van der Waals surface area contributed by atoms with E-state index in [4.69, 9.17) is 27.6 Å². The molecule has 45 heavy (non-hydrogen) atoms. The number of carboxylic acid groups (broad SMARTS) is 1. The van der Waals surface area contributed by atoms with Crippen molar-refractivity contribution in [2.24, 2.45) is 17.8 Å². The predicted molar refractivity (Wildman–Crippen MR) is 157 cm³/mol. The molecule has 4 aliphatic rings. The maximum atomic E-state index is 14.3. The second-order valence-electron chi connectivity index (χ2n) is 11.6. The minimum Gasteiger partial charge on any atom is -0.478 e. The molecule has 2 saturated heterocycles. The van der Waals surface area contributed by atoms with Crippen LogP contribution in [0.4, 0.5) is 15.8 Å². The number of anilines is 2. The van der Waals surface area contributed by atoms with Crippen molar-refractivity contribution in [1.82, 2.24) is 0 Å². The number of amides is 4. The molecule has 10 nitrogen and oxygen atoms in total. The maximum absolute atomic E-state index is 14.3. The highest BCUT2D eigenvalue weighted by Crippen LogP contribution is 2.66. The van der Waals surface area contributed by atoms with Crippen molar-refractivity contribution in [2.75, 3.05) is 9.80 Å². The van der Waals surface area contributed by atoms with Gasteiger partial charge in [-0.1, -0.05) is 17.7 Å². The van der Waals surface area contributed by atoms with E-state index in [1.807, 2.05) is 0 Å². The van der Waals surface area contributed by atoms with E-state index in [2.05, 4.69) is 0 Å². The average Bonchev–Trinajstić information content (AvgIpc) is 3.64. The lowest BCUT2D eigenvalue weighted by Crippen LogP contribution is -2.60. The van der Waals surface area contributed by atoms with Crippen LogP contribution in [0.25, 0.3) is 0 Å². The minimum atomic E-state index is -2.17. The zero-order valence-corrected chi connectivity index (χ0v) is 24.7. The molecule has 3 heterocycles. The number of alkyl halides is 2. The molecule has 0 bridgehead atoms. The number of imide groups is 2. The van der Waals surface area contributed by atoms with E-state index >= 15 is 0 Å². The summed E-state index contributed by atoms with van der Waals surface area (Å²) in [5.41, 5.74) is 0.501. The lowest BCUT2D eigenvalue weighted by atomic mass is 9.57. The monoisotopic (exact) mass is 652 g/mol. The fourth-order valence-corrected chi connectivity index (χ4v) is 8.29. The molecule has 0 unspecified atom stereocenters. The van der Waals surface area contributed by atoms with Crippen molar-refractivity contribution in [3.8, 4) is 0 Å². The molecule has 2 aliphatic heterocycles. The van der Waals surface area contributed by atoms with Crippen LogP contribution in [0.5, 0.6) is 0 Å². The first kappa shape index (κ1) is 29.4. The average molecular weight is 653 g/mol. The largest absolute Gasteiger partial charge is 0.478 e. The molecule has 0 radical (unpaired) electrons.